The Hall–Kier alpha value is -0.120. The molecule has 0 aromatic carbocycles. The third-order valence-corrected chi connectivity index (χ3v) is 4.68. The predicted octanol–water partition coefficient (Wildman–Crippen LogP) is 2.52. The van der Waals surface area contributed by atoms with Gasteiger partial charge in [0.05, 0.1) is 0 Å². The lowest BCUT2D eigenvalue weighted by molar-refractivity contribution is 0.0337. The van der Waals surface area contributed by atoms with Gasteiger partial charge < -0.3 is 4.90 Å². The highest BCUT2D eigenvalue weighted by Gasteiger charge is 2.43. The van der Waals surface area contributed by atoms with E-state index >= 15 is 0 Å². The first-order valence-corrected chi connectivity index (χ1v) is 7.22. The van der Waals surface area contributed by atoms with E-state index < -0.39 is 0 Å². The van der Waals surface area contributed by atoms with Crippen molar-refractivity contribution in [1.82, 2.24) is 10.3 Å². The van der Waals surface area contributed by atoms with Crippen LogP contribution in [0.15, 0.2) is 0 Å². The van der Waals surface area contributed by atoms with Gasteiger partial charge in [-0.15, -0.1) is 0 Å². The summed E-state index contributed by atoms with van der Waals surface area (Å²) in [5.41, 5.74) is 3.40. The zero-order valence-electron chi connectivity index (χ0n) is 12.1. The lowest BCUT2D eigenvalue weighted by Crippen LogP contribution is -2.63. The number of nitrogens with zero attached hydrogens (tertiary/aromatic N) is 1. The van der Waals surface area contributed by atoms with Crippen LogP contribution in [0.4, 0.5) is 0 Å². The lowest BCUT2D eigenvalue weighted by atomic mass is 9.71. The molecule has 1 fully saturated rings. The van der Waals surface area contributed by atoms with Gasteiger partial charge in [-0.2, -0.15) is 0 Å². The van der Waals surface area contributed by atoms with E-state index in [0.717, 1.165) is 0 Å². The number of hydrogen-bond donors (Lipinski definition) is 2. The summed E-state index contributed by atoms with van der Waals surface area (Å²) in [6.07, 6.45) is 9.12. The standard InChI is InChI=1S/C14H31N3/c1-5-9-12(2)13(16-15)14(17(3)4)10-7-6-8-11-14/h12-13,16H,5-11,15H2,1-4H3. The Kier molecular flexibility index (Phi) is 5.90. The molecule has 0 spiro atoms. The smallest absolute Gasteiger partial charge is 0.0420 e. The number of hydrazine groups is 1. The topological polar surface area (TPSA) is 41.3 Å². The van der Waals surface area contributed by atoms with E-state index in [1.807, 2.05) is 0 Å². The Balaban J connectivity index is 2.85. The van der Waals surface area contributed by atoms with Crippen molar-refractivity contribution in [2.24, 2.45) is 11.8 Å². The summed E-state index contributed by atoms with van der Waals surface area (Å²) in [6.45, 7) is 4.60. The summed E-state index contributed by atoms with van der Waals surface area (Å²) in [4.78, 5) is 2.42. The van der Waals surface area contributed by atoms with E-state index in [-0.39, 0.29) is 5.54 Å². The largest absolute Gasteiger partial charge is 0.302 e. The molecule has 0 amide bonds. The van der Waals surface area contributed by atoms with Gasteiger partial charge in [-0.25, -0.2) is 0 Å². The van der Waals surface area contributed by atoms with E-state index in [1.165, 1.54) is 44.9 Å². The number of nitrogens with one attached hydrogen (secondary N) is 1. The molecule has 0 saturated heterocycles. The molecule has 1 saturated carbocycles. The van der Waals surface area contributed by atoms with Crippen LogP contribution in [0.5, 0.6) is 0 Å². The molecule has 2 unspecified atom stereocenters. The second-order valence-electron chi connectivity index (χ2n) is 5.97. The zero-order valence-corrected chi connectivity index (χ0v) is 12.1. The minimum atomic E-state index is 0.265. The molecule has 102 valence electrons. The molecule has 0 bridgehead atoms. The molecular formula is C14H31N3. The average molecular weight is 241 g/mol. The molecule has 2 atom stereocenters. The van der Waals surface area contributed by atoms with Crippen LogP contribution in [-0.4, -0.2) is 30.6 Å². The fourth-order valence-corrected chi connectivity index (χ4v) is 3.67. The highest BCUT2D eigenvalue weighted by Crippen LogP contribution is 2.38. The maximum Gasteiger partial charge on any atom is 0.0420 e. The van der Waals surface area contributed by atoms with E-state index in [9.17, 15) is 0 Å². The molecule has 17 heavy (non-hydrogen) atoms. The van der Waals surface area contributed by atoms with Crippen molar-refractivity contribution >= 4 is 0 Å². The summed E-state index contributed by atoms with van der Waals surface area (Å²) in [5.74, 6) is 6.53. The van der Waals surface area contributed by atoms with Gasteiger partial charge in [-0.05, 0) is 39.3 Å². The lowest BCUT2D eigenvalue weighted by Gasteiger charge is -2.50. The van der Waals surface area contributed by atoms with Crippen LogP contribution in [-0.2, 0) is 0 Å². The summed E-state index contributed by atoms with van der Waals surface area (Å²) in [6, 6.07) is 0.415. The van der Waals surface area contributed by atoms with E-state index in [1.54, 1.807) is 0 Å². The minimum Gasteiger partial charge on any atom is -0.302 e. The fraction of sp³-hybridized carbons (Fsp3) is 1.00. The second-order valence-corrected chi connectivity index (χ2v) is 5.97. The third-order valence-electron chi connectivity index (χ3n) is 4.68. The van der Waals surface area contributed by atoms with Crippen LogP contribution < -0.4 is 11.3 Å². The highest BCUT2D eigenvalue weighted by molar-refractivity contribution is 5.01. The SMILES string of the molecule is CCCC(C)C(NN)C1(N(C)C)CCCCC1. The van der Waals surface area contributed by atoms with Crippen LogP contribution in [0.2, 0.25) is 0 Å². The molecule has 1 rings (SSSR count). The molecule has 0 aliphatic heterocycles. The van der Waals surface area contributed by atoms with Gasteiger partial charge in [0.15, 0.2) is 0 Å². The van der Waals surface area contributed by atoms with Crippen molar-refractivity contribution in [3.8, 4) is 0 Å². The molecule has 3 N–H and O–H groups in total. The van der Waals surface area contributed by atoms with Gasteiger partial charge in [0.2, 0.25) is 0 Å². The van der Waals surface area contributed by atoms with Crippen molar-refractivity contribution in [3.05, 3.63) is 0 Å². The van der Waals surface area contributed by atoms with Crippen LogP contribution in [0.25, 0.3) is 0 Å². The van der Waals surface area contributed by atoms with E-state index in [0.29, 0.717) is 12.0 Å². The van der Waals surface area contributed by atoms with E-state index in [4.69, 9.17) is 5.84 Å². The Morgan fingerprint density at radius 2 is 1.82 bits per heavy atom. The first kappa shape index (κ1) is 14.9. The summed E-state index contributed by atoms with van der Waals surface area (Å²) in [5, 5.41) is 0. The van der Waals surface area contributed by atoms with Gasteiger partial charge in [-0.3, -0.25) is 11.3 Å². The zero-order chi connectivity index (χ0) is 12.9. The number of nitrogens with two attached hydrogens (primary N) is 1. The van der Waals surface area contributed by atoms with E-state index in [2.05, 4.69) is 38.3 Å². The Bertz CT molecular complexity index is 210. The van der Waals surface area contributed by atoms with Crippen molar-refractivity contribution < 1.29 is 0 Å². The molecule has 0 aromatic heterocycles. The Morgan fingerprint density at radius 3 is 2.24 bits per heavy atom. The van der Waals surface area contributed by atoms with Crippen LogP contribution in [0.3, 0.4) is 0 Å². The first-order valence-electron chi connectivity index (χ1n) is 7.22. The molecule has 3 nitrogen and oxygen atoms in total. The molecule has 0 heterocycles. The van der Waals surface area contributed by atoms with Gasteiger partial charge in [0.1, 0.15) is 0 Å². The van der Waals surface area contributed by atoms with Crippen molar-refractivity contribution in [3.63, 3.8) is 0 Å². The Labute approximate surface area is 107 Å². The first-order chi connectivity index (χ1) is 8.08. The van der Waals surface area contributed by atoms with Gasteiger partial charge in [0.25, 0.3) is 0 Å². The third kappa shape index (κ3) is 3.21. The number of hydrogen-bond acceptors (Lipinski definition) is 3. The number of rotatable bonds is 6. The Morgan fingerprint density at radius 1 is 1.24 bits per heavy atom. The molecular weight excluding hydrogens is 210 g/mol. The van der Waals surface area contributed by atoms with Crippen molar-refractivity contribution in [1.29, 1.82) is 0 Å². The minimum absolute atomic E-state index is 0.265. The summed E-state index contributed by atoms with van der Waals surface area (Å²) in [7, 11) is 4.43. The van der Waals surface area contributed by atoms with Crippen molar-refractivity contribution in [2.75, 3.05) is 14.1 Å². The maximum atomic E-state index is 5.88. The normalized spacial score (nSPS) is 23.6. The monoisotopic (exact) mass is 241 g/mol. The van der Waals surface area contributed by atoms with Crippen LogP contribution in [0.1, 0.15) is 58.8 Å². The molecule has 3 heteroatoms. The maximum absolute atomic E-state index is 5.88. The molecule has 0 aromatic rings. The van der Waals surface area contributed by atoms with Gasteiger partial charge in [-0.1, -0.05) is 39.5 Å². The average Bonchev–Trinajstić information content (AvgIpc) is 2.31. The van der Waals surface area contributed by atoms with Crippen molar-refractivity contribution in [2.45, 2.75) is 70.4 Å². The summed E-state index contributed by atoms with van der Waals surface area (Å²) < 4.78 is 0. The van der Waals surface area contributed by atoms with Gasteiger partial charge >= 0.3 is 0 Å². The fourth-order valence-electron chi connectivity index (χ4n) is 3.67. The summed E-state index contributed by atoms with van der Waals surface area (Å²) >= 11 is 0. The van der Waals surface area contributed by atoms with Gasteiger partial charge in [0, 0.05) is 11.6 Å². The van der Waals surface area contributed by atoms with Crippen LogP contribution in [0, 0.1) is 5.92 Å². The van der Waals surface area contributed by atoms with Crippen LogP contribution >= 0.6 is 0 Å². The molecule has 1 aliphatic rings. The number of likely N-dealkylation sites (N-methyl/N-ethyl adjacent to an activating group) is 1. The molecule has 0 radical (unpaired) electrons. The second kappa shape index (κ2) is 6.72. The quantitative estimate of drug-likeness (QED) is 0.554. The highest BCUT2D eigenvalue weighted by atomic mass is 15.3. The molecule has 1 aliphatic carbocycles. The predicted molar refractivity (Wildman–Crippen MR) is 74.7 cm³/mol.